The third-order valence-corrected chi connectivity index (χ3v) is 3.86. The van der Waals surface area contributed by atoms with Crippen molar-refractivity contribution in [1.82, 2.24) is 4.98 Å². The highest BCUT2D eigenvalue weighted by Crippen LogP contribution is 2.26. The van der Waals surface area contributed by atoms with E-state index in [4.69, 9.17) is 0 Å². The first kappa shape index (κ1) is 13.8. The fourth-order valence-electron chi connectivity index (χ4n) is 2.29. The maximum atomic E-state index is 11.5. The number of aromatic carboxylic acids is 1. The number of hydrogen-bond donors (Lipinski definition) is 1. The lowest BCUT2D eigenvalue weighted by molar-refractivity contribution is 0.0699. The van der Waals surface area contributed by atoms with Crippen molar-refractivity contribution in [2.75, 3.05) is 0 Å². The van der Waals surface area contributed by atoms with Crippen molar-refractivity contribution in [3.8, 4) is 11.3 Å². The molecule has 0 fully saturated rings. The number of fused-ring (bicyclic) bond motifs is 1. The standard InChI is InChI=1S/C17H12BrNO2/c1-10-2-7-15-13(8-10)14(17(20)21)9-16(19-15)11-3-5-12(18)6-4-11/h2-9H,1H3,(H,20,21). The zero-order chi connectivity index (χ0) is 15.0. The molecule has 0 spiro atoms. The van der Waals surface area contributed by atoms with E-state index in [-0.39, 0.29) is 5.56 Å². The summed E-state index contributed by atoms with van der Waals surface area (Å²) in [6.45, 7) is 1.94. The molecule has 3 nitrogen and oxygen atoms in total. The molecule has 1 aromatic heterocycles. The SMILES string of the molecule is Cc1ccc2nc(-c3ccc(Br)cc3)cc(C(=O)O)c2c1. The lowest BCUT2D eigenvalue weighted by Gasteiger charge is -2.08. The summed E-state index contributed by atoms with van der Waals surface area (Å²) in [5.41, 5.74) is 3.54. The molecule has 0 radical (unpaired) electrons. The number of halogens is 1. The molecule has 104 valence electrons. The summed E-state index contributed by atoms with van der Waals surface area (Å²) >= 11 is 3.39. The van der Waals surface area contributed by atoms with Crippen LogP contribution in [-0.4, -0.2) is 16.1 Å². The number of nitrogens with zero attached hydrogens (tertiary/aromatic N) is 1. The summed E-state index contributed by atoms with van der Waals surface area (Å²) < 4.78 is 0.973. The van der Waals surface area contributed by atoms with E-state index in [2.05, 4.69) is 20.9 Å². The fraction of sp³-hybridized carbons (Fsp3) is 0.0588. The molecule has 0 unspecified atom stereocenters. The number of carbonyl (C=O) groups is 1. The van der Waals surface area contributed by atoms with Crippen LogP contribution in [0.2, 0.25) is 0 Å². The van der Waals surface area contributed by atoms with Gasteiger partial charge in [-0.15, -0.1) is 0 Å². The average Bonchev–Trinajstić information content (AvgIpc) is 2.46. The number of aryl methyl sites for hydroxylation is 1. The summed E-state index contributed by atoms with van der Waals surface area (Å²) in [7, 11) is 0. The van der Waals surface area contributed by atoms with E-state index in [1.165, 1.54) is 0 Å². The Labute approximate surface area is 130 Å². The van der Waals surface area contributed by atoms with Crippen LogP contribution >= 0.6 is 15.9 Å². The number of hydrogen-bond acceptors (Lipinski definition) is 2. The van der Waals surface area contributed by atoms with E-state index in [1.807, 2.05) is 49.4 Å². The quantitative estimate of drug-likeness (QED) is 0.736. The zero-order valence-electron chi connectivity index (χ0n) is 11.3. The molecule has 0 aliphatic heterocycles. The summed E-state index contributed by atoms with van der Waals surface area (Å²) in [4.78, 5) is 16.1. The van der Waals surface area contributed by atoms with E-state index in [0.717, 1.165) is 15.6 Å². The van der Waals surface area contributed by atoms with E-state index in [9.17, 15) is 9.90 Å². The topological polar surface area (TPSA) is 50.2 Å². The smallest absolute Gasteiger partial charge is 0.336 e. The van der Waals surface area contributed by atoms with Gasteiger partial charge in [0.15, 0.2) is 0 Å². The van der Waals surface area contributed by atoms with Crippen LogP contribution < -0.4 is 0 Å². The van der Waals surface area contributed by atoms with Gasteiger partial charge in [0.1, 0.15) is 0 Å². The van der Waals surface area contributed by atoms with E-state index >= 15 is 0 Å². The first-order chi connectivity index (χ1) is 10.0. The largest absolute Gasteiger partial charge is 0.478 e. The molecule has 2 aromatic carbocycles. The fourth-order valence-corrected chi connectivity index (χ4v) is 2.55. The van der Waals surface area contributed by atoms with Crippen LogP contribution in [0.25, 0.3) is 22.2 Å². The van der Waals surface area contributed by atoms with Crippen molar-refractivity contribution in [1.29, 1.82) is 0 Å². The first-order valence-electron chi connectivity index (χ1n) is 6.45. The van der Waals surface area contributed by atoms with Crippen molar-refractivity contribution in [3.05, 3.63) is 64.1 Å². The van der Waals surface area contributed by atoms with Gasteiger partial charge >= 0.3 is 5.97 Å². The Kier molecular flexibility index (Phi) is 3.47. The van der Waals surface area contributed by atoms with Gasteiger partial charge in [-0.2, -0.15) is 0 Å². The Morgan fingerprint density at radius 3 is 2.48 bits per heavy atom. The van der Waals surface area contributed by atoms with Gasteiger partial charge < -0.3 is 5.11 Å². The molecule has 0 bridgehead atoms. The van der Waals surface area contributed by atoms with Crippen LogP contribution in [0.3, 0.4) is 0 Å². The first-order valence-corrected chi connectivity index (χ1v) is 7.24. The predicted octanol–water partition coefficient (Wildman–Crippen LogP) is 4.67. The van der Waals surface area contributed by atoms with Gasteiger partial charge in [0.25, 0.3) is 0 Å². The van der Waals surface area contributed by atoms with Gasteiger partial charge in [-0.3, -0.25) is 0 Å². The third-order valence-electron chi connectivity index (χ3n) is 3.33. The summed E-state index contributed by atoms with van der Waals surface area (Å²) in [5, 5.41) is 10.1. The van der Waals surface area contributed by atoms with E-state index in [0.29, 0.717) is 16.6 Å². The summed E-state index contributed by atoms with van der Waals surface area (Å²) in [6.07, 6.45) is 0. The maximum absolute atomic E-state index is 11.5. The minimum absolute atomic E-state index is 0.279. The highest BCUT2D eigenvalue weighted by Gasteiger charge is 2.13. The average molecular weight is 342 g/mol. The van der Waals surface area contributed by atoms with Crippen molar-refractivity contribution in [2.45, 2.75) is 6.92 Å². The predicted molar refractivity (Wildman–Crippen MR) is 86.6 cm³/mol. The Morgan fingerprint density at radius 2 is 1.81 bits per heavy atom. The van der Waals surface area contributed by atoms with Gasteiger partial charge in [0.2, 0.25) is 0 Å². The molecule has 21 heavy (non-hydrogen) atoms. The molecular formula is C17H12BrNO2. The second-order valence-electron chi connectivity index (χ2n) is 4.89. The van der Waals surface area contributed by atoms with Gasteiger partial charge in [-0.25, -0.2) is 9.78 Å². The molecule has 0 aliphatic rings. The molecule has 1 heterocycles. The summed E-state index contributed by atoms with van der Waals surface area (Å²) in [5.74, 6) is -0.939. The number of pyridine rings is 1. The Hall–Kier alpha value is -2.20. The monoisotopic (exact) mass is 341 g/mol. The summed E-state index contributed by atoms with van der Waals surface area (Å²) in [6, 6.07) is 14.9. The highest BCUT2D eigenvalue weighted by atomic mass is 79.9. The van der Waals surface area contributed by atoms with Gasteiger partial charge in [-0.05, 0) is 37.3 Å². The normalized spacial score (nSPS) is 10.8. The van der Waals surface area contributed by atoms with Crippen molar-refractivity contribution < 1.29 is 9.90 Å². The Morgan fingerprint density at radius 1 is 1.10 bits per heavy atom. The molecule has 0 amide bonds. The molecular weight excluding hydrogens is 330 g/mol. The van der Waals surface area contributed by atoms with Crippen LogP contribution in [0.4, 0.5) is 0 Å². The number of rotatable bonds is 2. The molecule has 0 saturated carbocycles. The minimum atomic E-state index is -0.939. The van der Waals surface area contributed by atoms with Gasteiger partial charge in [-0.1, -0.05) is 39.7 Å². The molecule has 4 heteroatoms. The maximum Gasteiger partial charge on any atom is 0.336 e. The van der Waals surface area contributed by atoms with Crippen molar-refractivity contribution in [3.63, 3.8) is 0 Å². The van der Waals surface area contributed by atoms with Crippen molar-refractivity contribution >= 4 is 32.8 Å². The van der Waals surface area contributed by atoms with Crippen LogP contribution in [-0.2, 0) is 0 Å². The molecule has 1 N–H and O–H groups in total. The van der Waals surface area contributed by atoms with E-state index < -0.39 is 5.97 Å². The van der Waals surface area contributed by atoms with Crippen LogP contribution in [0.1, 0.15) is 15.9 Å². The number of aromatic nitrogens is 1. The molecule has 0 saturated heterocycles. The lowest BCUT2D eigenvalue weighted by atomic mass is 10.0. The third kappa shape index (κ3) is 2.67. The van der Waals surface area contributed by atoms with Crippen molar-refractivity contribution in [2.24, 2.45) is 0 Å². The number of carboxylic acid groups (broad SMARTS) is 1. The zero-order valence-corrected chi connectivity index (χ0v) is 12.9. The Balaban J connectivity index is 2.28. The van der Waals surface area contributed by atoms with Crippen LogP contribution in [0.5, 0.6) is 0 Å². The van der Waals surface area contributed by atoms with Crippen LogP contribution in [0.15, 0.2) is 53.0 Å². The number of benzene rings is 2. The van der Waals surface area contributed by atoms with Gasteiger partial charge in [0.05, 0.1) is 16.8 Å². The lowest BCUT2D eigenvalue weighted by Crippen LogP contribution is -2.00. The molecule has 0 aliphatic carbocycles. The second kappa shape index (κ2) is 5.30. The van der Waals surface area contributed by atoms with Crippen LogP contribution in [0, 0.1) is 6.92 Å². The molecule has 0 atom stereocenters. The van der Waals surface area contributed by atoms with E-state index in [1.54, 1.807) is 6.07 Å². The molecule has 3 aromatic rings. The van der Waals surface area contributed by atoms with Gasteiger partial charge in [0, 0.05) is 15.4 Å². The Bertz CT molecular complexity index is 841. The number of carboxylic acids is 1. The minimum Gasteiger partial charge on any atom is -0.478 e. The second-order valence-corrected chi connectivity index (χ2v) is 5.80. The highest BCUT2D eigenvalue weighted by molar-refractivity contribution is 9.10. The molecule has 3 rings (SSSR count).